The number of nitrogens with zero attached hydrogens (tertiary/aromatic N) is 4. The zero-order valence-electron chi connectivity index (χ0n) is 14.4. The molecule has 1 aromatic heterocycles. The highest BCUT2D eigenvalue weighted by atomic mass is 32.2. The fourth-order valence-electron chi connectivity index (χ4n) is 2.18. The highest BCUT2D eigenvalue weighted by Gasteiger charge is 2.33. The van der Waals surface area contributed by atoms with Crippen LogP contribution in [-0.4, -0.2) is 32.1 Å². The number of hydrogen-bond acceptors (Lipinski definition) is 6. The second-order valence-electron chi connectivity index (χ2n) is 5.58. The highest BCUT2D eigenvalue weighted by molar-refractivity contribution is 7.99. The molecule has 1 heterocycles. The first-order valence-electron chi connectivity index (χ1n) is 7.75. The van der Waals surface area contributed by atoms with E-state index in [9.17, 15) is 28.1 Å². The van der Waals surface area contributed by atoms with E-state index >= 15 is 0 Å². The average Bonchev–Trinajstić information content (AvgIpc) is 2.91. The first-order chi connectivity index (χ1) is 12.6. The summed E-state index contributed by atoms with van der Waals surface area (Å²) in [5, 5.41) is 22.1. The minimum Gasteiger partial charge on any atom is -0.356 e. The molecule has 0 fully saturated rings. The van der Waals surface area contributed by atoms with Crippen molar-refractivity contribution in [3.8, 4) is 0 Å². The number of aromatic nitrogens is 3. The minimum atomic E-state index is -4.67. The molecule has 2 aromatic rings. The number of halogens is 3. The second kappa shape index (κ2) is 8.37. The molecule has 0 aliphatic rings. The number of carbonyl (C=O) groups is 1. The van der Waals surface area contributed by atoms with E-state index < -0.39 is 22.4 Å². The summed E-state index contributed by atoms with van der Waals surface area (Å²) in [6.45, 7) is 1.88. The predicted molar refractivity (Wildman–Crippen MR) is 90.2 cm³/mol. The van der Waals surface area contributed by atoms with Gasteiger partial charge in [-0.1, -0.05) is 0 Å². The molecule has 12 heteroatoms. The van der Waals surface area contributed by atoms with Gasteiger partial charge in [0.05, 0.1) is 15.4 Å². The lowest BCUT2D eigenvalue weighted by molar-refractivity contribution is -0.388. The first kappa shape index (κ1) is 20.7. The second-order valence-corrected chi connectivity index (χ2v) is 6.59. The van der Waals surface area contributed by atoms with Gasteiger partial charge in [0.25, 0.3) is 5.69 Å². The van der Waals surface area contributed by atoms with Gasteiger partial charge < -0.3 is 9.88 Å². The van der Waals surface area contributed by atoms with E-state index in [4.69, 9.17) is 0 Å². The number of alkyl halides is 3. The molecule has 146 valence electrons. The maximum atomic E-state index is 12.8. The molecule has 0 unspecified atom stereocenters. The van der Waals surface area contributed by atoms with Gasteiger partial charge in [0, 0.05) is 33.0 Å². The Bertz CT molecular complexity index is 854. The third kappa shape index (κ3) is 5.42. The van der Waals surface area contributed by atoms with Gasteiger partial charge in [-0.2, -0.15) is 13.2 Å². The Kier molecular flexibility index (Phi) is 6.41. The third-order valence-corrected chi connectivity index (χ3v) is 4.66. The third-order valence-electron chi connectivity index (χ3n) is 3.56. The number of rotatable bonds is 7. The van der Waals surface area contributed by atoms with Gasteiger partial charge in [-0.05, 0) is 30.3 Å². The molecule has 27 heavy (non-hydrogen) atoms. The summed E-state index contributed by atoms with van der Waals surface area (Å²) in [6.07, 6.45) is -3.53. The van der Waals surface area contributed by atoms with Crippen molar-refractivity contribution in [3.05, 3.63) is 39.7 Å². The standard InChI is InChI=1S/C15H16F3N5O3S/c1-9(24)19-7-3-4-13-20-21-14(22(13)2)27-12-6-5-10(15(16,17)18)8-11(12)23(25)26/h5-6,8H,3-4,7H2,1-2H3,(H,19,24). The largest absolute Gasteiger partial charge is 0.416 e. The van der Waals surface area contributed by atoms with Crippen LogP contribution in [0.15, 0.2) is 28.3 Å². The van der Waals surface area contributed by atoms with E-state index in [1.807, 2.05) is 0 Å². The van der Waals surface area contributed by atoms with Crippen molar-refractivity contribution >= 4 is 23.4 Å². The maximum Gasteiger partial charge on any atom is 0.416 e. The summed E-state index contributed by atoms with van der Waals surface area (Å²) in [4.78, 5) is 21.2. The van der Waals surface area contributed by atoms with Crippen LogP contribution in [0.4, 0.5) is 18.9 Å². The number of carbonyl (C=O) groups excluding carboxylic acids is 1. The van der Waals surface area contributed by atoms with E-state index in [0.29, 0.717) is 36.4 Å². The Labute approximate surface area is 156 Å². The normalized spacial score (nSPS) is 11.4. The first-order valence-corrected chi connectivity index (χ1v) is 8.57. The van der Waals surface area contributed by atoms with Gasteiger partial charge >= 0.3 is 6.18 Å². The topological polar surface area (TPSA) is 103 Å². The molecule has 1 aromatic carbocycles. The van der Waals surface area contributed by atoms with Crippen molar-refractivity contribution in [3.63, 3.8) is 0 Å². The number of benzene rings is 1. The molecule has 8 nitrogen and oxygen atoms in total. The summed E-state index contributed by atoms with van der Waals surface area (Å²) in [5.41, 5.74) is -1.74. The van der Waals surface area contributed by atoms with E-state index in [0.717, 1.165) is 23.9 Å². The number of nitro benzene ring substituents is 1. The molecule has 0 aliphatic carbocycles. The lowest BCUT2D eigenvalue weighted by Crippen LogP contribution is -2.21. The number of hydrogen-bond donors (Lipinski definition) is 1. The fraction of sp³-hybridized carbons (Fsp3) is 0.400. The number of nitrogens with one attached hydrogen (secondary N) is 1. The van der Waals surface area contributed by atoms with Crippen LogP contribution in [0.2, 0.25) is 0 Å². The predicted octanol–water partition coefficient (Wildman–Crippen LogP) is 2.96. The minimum absolute atomic E-state index is 0.0355. The highest BCUT2D eigenvalue weighted by Crippen LogP contribution is 2.38. The van der Waals surface area contributed by atoms with Crippen LogP contribution in [-0.2, 0) is 24.4 Å². The Balaban J connectivity index is 2.17. The Morgan fingerprint density at radius 1 is 1.37 bits per heavy atom. The summed E-state index contributed by atoms with van der Waals surface area (Å²) in [7, 11) is 1.66. The molecule has 0 bridgehead atoms. The smallest absolute Gasteiger partial charge is 0.356 e. The molecule has 2 rings (SSSR count). The van der Waals surface area contributed by atoms with Crippen LogP contribution >= 0.6 is 11.8 Å². The van der Waals surface area contributed by atoms with Crippen molar-refractivity contribution in [2.24, 2.45) is 7.05 Å². The molecule has 0 aliphatic heterocycles. The van der Waals surface area contributed by atoms with E-state index in [1.165, 1.54) is 6.92 Å². The molecule has 1 N–H and O–H groups in total. The van der Waals surface area contributed by atoms with Crippen LogP contribution in [0.5, 0.6) is 0 Å². The van der Waals surface area contributed by atoms with Crippen LogP contribution < -0.4 is 5.32 Å². The van der Waals surface area contributed by atoms with Crippen LogP contribution in [0.1, 0.15) is 24.7 Å². The van der Waals surface area contributed by atoms with Gasteiger partial charge in [-0.3, -0.25) is 14.9 Å². The SMILES string of the molecule is CC(=O)NCCCc1nnc(Sc2ccc(C(F)(F)F)cc2[N+](=O)[O-])n1C. The molecule has 0 atom stereocenters. The summed E-state index contributed by atoms with van der Waals surface area (Å²) in [5.74, 6) is 0.455. The average molecular weight is 403 g/mol. The lowest BCUT2D eigenvalue weighted by Gasteiger charge is -2.08. The molecule has 0 saturated heterocycles. The van der Waals surface area contributed by atoms with Crippen molar-refractivity contribution < 1.29 is 22.9 Å². The molecule has 0 saturated carbocycles. The summed E-state index contributed by atoms with van der Waals surface area (Å²) < 4.78 is 39.9. The Hall–Kier alpha value is -2.63. The quantitative estimate of drug-likeness (QED) is 0.433. The molecule has 1 amide bonds. The Morgan fingerprint density at radius 2 is 2.07 bits per heavy atom. The van der Waals surface area contributed by atoms with E-state index in [2.05, 4.69) is 15.5 Å². The van der Waals surface area contributed by atoms with Crippen molar-refractivity contribution in [2.45, 2.75) is 36.0 Å². The van der Waals surface area contributed by atoms with Gasteiger partial charge in [-0.25, -0.2) is 0 Å². The molecular weight excluding hydrogens is 387 g/mol. The van der Waals surface area contributed by atoms with Crippen molar-refractivity contribution in [1.82, 2.24) is 20.1 Å². The van der Waals surface area contributed by atoms with Crippen molar-refractivity contribution in [2.75, 3.05) is 6.54 Å². The van der Waals surface area contributed by atoms with Gasteiger partial charge in [0.1, 0.15) is 5.82 Å². The monoisotopic (exact) mass is 403 g/mol. The van der Waals surface area contributed by atoms with Gasteiger partial charge in [-0.15, -0.1) is 10.2 Å². The van der Waals surface area contributed by atoms with E-state index in [-0.39, 0.29) is 10.8 Å². The number of amides is 1. The summed E-state index contributed by atoms with van der Waals surface area (Å²) >= 11 is 0.864. The molecule has 0 spiro atoms. The van der Waals surface area contributed by atoms with Crippen LogP contribution in [0, 0.1) is 10.1 Å². The van der Waals surface area contributed by atoms with Gasteiger partial charge in [0.15, 0.2) is 5.16 Å². The molecule has 0 radical (unpaired) electrons. The molecular formula is C15H16F3N5O3S. The van der Waals surface area contributed by atoms with E-state index in [1.54, 1.807) is 11.6 Å². The van der Waals surface area contributed by atoms with Crippen LogP contribution in [0.25, 0.3) is 0 Å². The lowest BCUT2D eigenvalue weighted by atomic mass is 10.2. The Morgan fingerprint density at radius 3 is 2.67 bits per heavy atom. The summed E-state index contributed by atoms with van der Waals surface area (Å²) in [6, 6.07) is 2.35. The maximum absolute atomic E-state index is 12.8. The zero-order chi connectivity index (χ0) is 20.2. The van der Waals surface area contributed by atoms with Gasteiger partial charge in [0.2, 0.25) is 5.91 Å². The number of aryl methyl sites for hydroxylation is 1. The number of nitro groups is 1. The zero-order valence-corrected chi connectivity index (χ0v) is 15.2. The fourth-order valence-corrected chi connectivity index (χ4v) is 3.08. The van der Waals surface area contributed by atoms with Crippen LogP contribution in [0.3, 0.4) is 0 Å². The van der Waals surface area contributed by atoms with Crippen molar-refractivity contribution in [1.29, 1.82) is 0 Å².